The lowest BCUT2D eigenvalue weighted by Gasteiger charge is -2.22. The first kappa shape index (κ1) is 25.9. The molecular formula is C24H25ClN6O6. The molecule has 1 aromatic carbocycles. The Bertz CT molecular complexity index is 1400. The minimum Gasteiger partial charge on any atom is -0.467 e. The van der Waals surface area contributed by atoms with Gasteiger partial charge in [0, 0.05) is 23.7 Å². The van der Waals surface area contributed by atoms with Crippen LogP contribution in [0, 0.1) is 5.92 Å². The molecule has 3 aromatic rings. The maximum atomic E-state index is 12.9. The van der Waals surface area contributed by atoms with Gasteiger partial charge in [-0.3, -0.25) is 19.8 Å². The van der Waals surface area contributed by atoms with E-state index in [0.717, 1.165) is 30.7 Å². The van der Waals surface area contributed by atoms with Gasteiger partial charge in [0.2, 0.25) is 0 Å². The number of anilines is 1. The molecule has 4 N–H and O–H groups in total. The van der Waals surface area contributed by atoms with Crippen LogP contribution in [0.15, 0.2) is 35.3 Å². The van der Waals surface area contributed by atoms with Gasteiger partial charge in [-0.2, -0.15) is 4.98 Å². The van der Waals surface area contributed by atoms with Crippen LogP contribution in [0.1, 0.15) is 52.8 Å². The normalized spacial score (nSPS) is 13.4. The number of methoxy groups -OCH3 is 1. The van der Waals surface area contributed by atoms with Gasteiger partial charge in [0.1, 0.15) is 11.2 Å². The third-order valence-electron chi connectivity index (χ3n) is 6.18. The second kappa shape index (κ2) is 11.2. The zero-order chi connectivity index (χ0) is 26.5. The molecule has 1 aliphatic carbocycles. The van der Waals surface area contributed by atoms with Gasteiger partial charge in [0.15, 0.2) is 0 Å². The number of halogens is 1. The Morgan fingerprint density at radius 3 is 2.68 bits per heavy atom. The van der Waals surface area contributed by atoms with Crippen molar-refractivity contribution >= 4 is 46.2 Å². The van der Waals surface area contributed by atoms with Crippen molar-refractivity contribution in [2.45, 2.75) is 32.1 Å². The van der Waals surface area contributed by atoms with Crippen LogP contribution >= 0.6 is 11.6 Å². The molecule has 0 bridgehead atoms. The number of nitrogens with one attached hydrogen (secondary N) is 3. The van der Waals surface area contributed by atoms with Crippen molar-refractivity contribution in [3.8, 4) is 6.01 Å². The molecule has 0 unspecified atom stereocenters. The monoisotopic (exact) mass is 528 g/mol. The second-order valence-electron chi connectivity index (χ2n) is 8.64. The zero-order valence-electron chi connectivity index (χ0n) is 19.9. The Balaban J connectivity index is 1.49. The van der Waals surface area contributed by atoms with Crippen molar-refractivity contribution in [2.75, 3.05) is 19.0 Å². The number of hydrogen-bond acceptors (Lipinski definition) is 7. The first-order chi connectivity index (χ1) is 17.7. The molecule has 2 aromatic heterocycles. The van der Waals surface area contributed by atoms with Crippen molar-refractivity contribution < 1.29 is 24.2 Å². The van der Waals surface area contributed by atoms with Gasteiger partial charge in [-0.15, -0.1) is 0 Å². The Morgan fingerprint density at radius 1 is 1.22 bits per heavy atom. The lowest BCUT2D eigenvalue weighted by Crippen LogP contribution is -2.46. The third kappa shape index (κ3) is 6.15. The summed E-state index contributed by atoms with van der Waals surface area (Å²) in [6.07, 6.45) is 5.17. The number of fused-ring (bicyclic) bond motifs is 1. The van der Waals surface area contributed by atoms with Crippen molar-refractivity contribution in [1.29, 1.82) is 0 Å². The fourth-order valence-electron chi connectivity index (χ4n) is 4.19. The molecule has 194 valence electrons. The molecule has 4 rings (SSSR count). The number of hydrogen-bond donors (Lipinski definition) is 4. The molecule has 3 amide bonds. The Labute approximate surface area is 216 Å². The molecule has 1 fully saturated rings. The van der Waals surface area contributed by atoms with Crippen LogP contribution in [0.5, 0.6) is 6.01 Å². The summed E-state index contributed by atoms with van der Waals surface area (Å²) in [5.41, 5.74) is 1.79. The number of H-pyrrole nitrogens is 1. The SMILES string of the molecule is COc1ncc2cc(C(=O)Nc3cc(C(=O)NN(CCC4CCCC4)C(=O)O)ccc3Cl)c(=O)[nH]c2n1. The maximum absolute atomic E-state index is 12.9. The Morgan fingerprint density at radius 2 is 1.97 bits per heavy atom. The van der Waals surface area contributed by atoms with E-state index in [2.05, 4.69) is 25.7 Å². The molecule has 1 aliphatic rings. The van der Waals surface area contributed by atoms with Crippen LogP contribution in [-0.4, -0.2) is 56.6 Å². The highest BCUT2D eigenvalue weighted by Gasteiger charge is 2.22. The first-order valence-corrected chi connectivity index (χ1v) is 12.0. The van der Waals surface area contributed by atoms with Gasteiger partial charge in [-0.1, -0.05) is 37.3 Å². The molecular weight excluding hydrogens is 504 g/mol. The molecule has 2 heterocycles. The molecule has 0 saturated heterocycles. The Kier molecular flexibility index (Phi) is 7.87. The number of carboxylic acid groups (broad SMARTS) is 1. The highest BCUT2D eigenvalue weighted by atomic mass is 35.5. The van der Waals surface area contributed by atoms with E-state index >= 15 is 0 Å². The molecule has 13 heteroatoms. The van der Waals surface area contributed by atoms with E-state index in [-0.39, 0.29) is 40.0 Å². The van der Waals surface area contributed by atoms with E-state index < -0.39 is 23.5 Å². The van der Waals surface area contributed by atoms with E-state index in [1.165, 1.54) is 37.6 Å². The van der Waals surface area contributed by atoms with Gasteiger partial charge >= 0.3 is 12.1 Å². The first-order valence-electron chi connectivity index (χ1n) is 11.6. The third-order valence-corrected chi connectivity index (χ3v) is 6.51. The largest absolute Gasteiger partial charge is 0.467 e. The van der Waals surface area contributed by atoms with E-state index in [1.54, 1.807) is 0 Å². The number of amides is 3. The number of benzene rings is 1. The second-order valence-corrected chi connectivity index (χ2v) is 9.04. The molecule has 0 aliphatic heterocycles. The van der Waals surface area contributed by atoms with Gasteiger partial charge in [0.05, 0.1) is 17.8 Å². The van der Waals surface area contributed by atoms with Crippen molar-refractivity contribution in [3.05, 3.63) is 57.0 Å². The molecule has 0 spiro atoms. The summed E-state index contributed by atoms with van der Waals surface area (Å²) in [5.74, 6) is -1.01. The summed E-state index contributed by atoms with van der Waals surface area (Å²) in [4.78, 5) is 60.3. The van der Waals surface area contributed by atoms with Crippen molar-refractivity contribution in [1.82, 2.24) is 25.4 Å². The smallest absolute Gasteiger partial charge is 0.426 e. The van der Waals surface area contributed by atoms with Crippen LogP contribution in [0.4, 0.5) is 10.5 Å². The standard InChI is InChI=1S/C24H25ClN6O6/c1-37-23-26-12-15-10-16(22(34)28-19(15)29-23)21(33)27-18-11-14(6-7-17(18)25)20(32)30-31(24(35)36)9-8-13-4-2-3-5-13/h6-7,10-13H,2-5,8-9H2,1H3,(H,27,33)(H,30,32)(H,35,36)(H,26,28,29,34). The lowest BCUT2D eigenvalue weighted by molar-refractivity contribution is 0.0743. The number of aromatic amines is 1. The fraction of sp³-hybridized carbons (Fsp3) is 0.333. The minimum atomic E-state index is -1.27. The molecule has 0 radical (unpaired) electrons. The molecule has 12 nitrogen and oxygen atoms in total. The fourth-order valence-corrected chi connectivity index (χ4v) is 4.36. The lowest BCUT2D eigenvalue weighted by atomic mass is 10.0. The van der Waals surface area contributed by atoms with E-state index in [0.29, 0.717) is 17.7 Å². The maximum Gasteiger partial charge on any atom is 0.426 e. The molecule has 0 atom stereocenters. The number of nitrogens with zero attached hydrogens (tertiary/aromatic N) is 3. The number of carbonyl (C=O) groups is 3. The summed E-state index contributed by atoms with van der Waals surface area (Å²) in [5, 5.41) is 13.4. The summed E-state index contributed by atoms with van der Waals surface area (Å²) in [6.45, 7) is 0.170. The van der Waals surface area contributed by atoms with Crippen LogP contribution in [0.3, 0.4) is 0 Å². The summed E-state index contributed by atoms with van der Waals surface area (Å²) < 4.78 is 4.93. The van der Waals surface area contributed by atoms with E-state index in [1.807, 2.05) is 0 Å². The number of hydrazine groups is 1. The summed E-state index contributed by atoms with van der Waals surface area (Å²) in [6, 6.07) is 5.47. The van der Waals surface area contributed by atoms with Crippen LogP contribution in [0.25, 0.3) is 11.0 Å². The van der Waals surface area contributed by atoms with Gasteiger partial charge < -0.3 is 20.1 Å². The average Bonchev–Trinajstić information content (AvgIpc) is 3.40. The van der Waals surface area contributed by atoms with Crippen molar-refractivity contribution in [2.24, 2.45) is 5.92 Å². The van der Waals surface area contributed by atoms with Gasteiger partial charge in [-0.25, -0.2) is 14.8 Å². The zero-order valence-corrected chi connectivity index (χ0v) is 20.7. The predicted octanol–water partition coefficient (Wildman–Crippen LogP) is 3.44. The highest BCUT2D eigenvalue weighted by Crippen LogP contribution is 2.28. The van der Waals surface area contributed by atoms with Crippen molar-refractivity contribution in [3.63, 3.8) is 0 Å². The topological polar surface area (TPSA) is 167 Å². The summed E-state index contributed by atoms with van der Waals surface area (Å²) >= 11 is 6.21. The van der Waals surface area contributed by atoms with E-state index in [9.17, 15) is 24.3 Å². The minimum absolute atomic E-state index is 0.0576. The van der Waals surface area contributed by atoms with E-state index in [4.69, 9.17) is 16.3 Å². The number of aromatic nitrogens is 3. The number of carbonyl (C=O) groups excluding carboxylic acids is 2. The average molecular weight is 529 g/mol. The van der Waals surface area contributed by atoms with Gasteiger partial charge in [0.25, 0.3) is 17.4 Å². The number of ether oxygens (including phenoxy) is 1. The molecule has 37 heavy (non-hydrogen) atoms. The van der Waals surface area contributed by atoms with Crippen LogP contribution in [-0.2, 0) is 0 Å². The highest BCUT2D eigenvalue weighted by molar-refractivity contribution is 6.34. The van der Waals surface area contributed by atoms with Gasteiger partial charge in [-0.05, 0) is 36.6 Å². The van der Waals surface area contributed by atoms with Crippen LogP contribution < -0.4 is 21.0 Å². The predicted molar refractivity (Wildman–Crippen MR) is 135 cm³/mol. The number of pyridine rings is 1. The quantitative estimate of drug-likeness (QED) is 0.338. The van der Waals surface area contributed by atoms with Crippen LogP contribution in [0.2, 0.25) is 5.02 Å². The number of rotatable bonds is 7. The summed E-state index contributed by atoms with van der Waals surface area (Å²) in [7, 11) is 1.38. The Hall–Kier alpha value is -4.19. The molecule has 1 saturated carbocycles.